The van der Waals surface area contributed by atoms with Crippen LogP contribution >= 0.6 is 0 Å². The van der Waals surface area contributed by atoms with E-state index in [4.69, 9.17) is 0 Å². The van der Waals surface area contributed by atoms with Gasteiger partial charge < -0.3 is 28.5 Å². The topological polar surface area (TPSA) is 57.5 Å². The van der Waals surface area contributed by atoms with Gasteiger partial charge >= 0.3 is 31.1 Å². The monoisotopic (exact) mass is 538 g/mol. The molecule has 3 nitrogen and oxygen atoms in total. The molecule has 4 bridgehead atoms. The van der Waals surface area contributed by atoms with Crippen LogP contribution < -0.4 is 0 Å². The molecule has 2 N–H and O–H groups in total. The first kappa shape index (κ1) is 18.9. The van der Waals surface area contributed by atoms with Gasteiger partial charge in [-0.25, -0.2) is 5.57 Å². The third kappa shape index (κ3) is 3.35. The smallest absolute Gasteiger partial charge is 0.512 e. The molecule has 5 rings (SSSR count). The molecule has 4 heteroatoms. The van der Waals surface area contributed by atoms with Crippen molar-refractivity contribution in [1.29, 1.82) is 0 Å². The van der Waals surface area contributed by atoms with Crippen LogP contribution in [-0.4, -0.2) is 16.5 Å². The molecule has 0 amide bonds. The molecule has 4 saturated carbocycles. The number of carbonyl (C=O) groups excluding carboxylic acids is 1. The number of carbonyl (C=O) groups is 1. The Morgan fingerprint density at radius 2 is 1.61 bits per heavy atom. The largest absolute Gasteiger partial charge is 2.00 e. The third-order valence-electron chi connectivity index (χ3n) is 5.87. The van der Waals surface area contributed by atoms with E-state index >= 15 is 0 Å². The molecule has 122 valence electrons. The molecule has 2 atom stereocenters. The van der Waals surface area contributed by atoms with Crippen molar-refractivity contribution < 1.29 is 46.1 Å². The van der Waals surface area contributed by atoms with Gasteiger partial charge in [-0.3, -0.25) is 0 Å². The predicted molar refractivity (Wildman–Crippen MR) is 84.7 cm³/mol. The van der Waals surface area contributed by atoms with E-state index in [0.29, 0.717) is 11.8 Å². The van der Waals surface area contributed by atoms with E-state index in [2.05, 4.69) is 6.08 Å². The minimum absolute atomic E-state index is 0. The van der Waals surface area contributed by atoms with Gasteiger partial charge in [-0.15, -0.1) is 5.92 Å². The minimum Gasteiger partial charge on any atom is -0.512 e. The summed E-state index contributed by atoms with van der Waals surface area (Å²) in [6.45, 7) is 0. The maximum absolute atomic E-state index is 11.3. The summed E-state index contributed by atoms with van der Waals surface area (Å²) in [5.41, 5.74) is 1.37. The summed E-state index contributed by atoms with van der Waals surface area (Å²) in [6, 6.07) is 0. The van der Waals surface area contributed by atoms with Crippen LogP contribution in [0.15, 0.2) is 29.2 Å². The van der Waals surface area contributed by atoms with Gasteiger partial charge in [0.05, 0.1) is 5.92 Å². The van der Waals surface area contributed by atoms with Crippen molar-refractivity contribution in [2.75, 3.05) is 0 Å². The second-order valence-electron chi connectivity index (χ2n) is 7.25. The summed E-state index contributed by atoms with van der Waals surface area (Å²) >= 11 is 0. The zero-order valence-electron chi connectivity index (χ0n) is 13.5. The summed E-state index contributed by atoms with van der Waals surface area (Å²) in [4.78, 5) is 11.3. The fourth-order valence-corrected chi connectivity index (χ4v) is 5.17. The Labute approximate surface area is 162 Å². The van der Waals surface area contributed by atoms with Gasteiger partial charge in [0.1, 0.15) is 17.8 Å². The van der Waals surface area contributed by atoms with Crippen LogP contribution in [0.2, 0.25) is 0 Å². The van der Waals surface area contributed by atoms with Crippen molar-refractivity contribution in [1.82, 2.24) is 0 Å². The van der Waals surface area contributed by atoms with Gasteiger partial charge in [-0.2, -0.15) is 0 Å². The Kier molecular flexibility index (Phi) is 5.91. The Bertz CT molecular complexity index is 531. The van der Waals surface area contributed by atoms with Crippen LogP contribution in [0.25, 0.3) is 0 Å². The zero-order chi connectivity index (χ0) is 14.6. The van der Waals surface area contributed by atoms with E-state index in [1.54, 1.807) is 6.08 Å². The van der Waals surface area contributed by atoms with E-state index in [9.17, 15) is 15.0 Å². The van der Waals surface area contributed by atoms with Crippen molar-refractivity contribution in [2.45, 2.75) is 32.1 Å². The number of allylic oxidation sites excluding steroid dienone is 5. The molecule has 0 spiro atoms. The number of aldehydes is 1. The molecule has 0 aromatic rings. The minimum atomic E-state index is -0.592. The molecule has 5 aliphatic rings. The summed E-state index contributed by atoms with van der Waals surface area (Å²) < 4.78 is 0. The summed E-state index contributed by atoms with van der Waals surface area (Å²) in [6.07, 6.45) is 13.7. The van der Waals surface area contributed by atoms with Crippen molar-refractivity contribution in [3.05, 3.63) is 42.7 Å². The first-order chi connectivity index (χ1) is 10.1. The summed E-state index contributed by atoms with van der Waals surface area (Å²) in [5.74, 6) is 2.10. The number of aliphatic hydroxyl groups excluding tert-OH is 2. The van der Waals surface area contributed by atoms with E-state index in [0.717, 1.165) is 18.1 Å². The maximum atomic E-state index is 11.3. The molecule has 0 aromatic heterocycles. The Morgan fingerprint density at radius 3 is 2.13 bits per heavy atom. The van der Waals surface area contributed by atoms with Crippen LogP contribution in [0.5, 0.6) is 0 Å². The Balaban J connectivity index is 0.000000960. The van der Waals surface area contributed by atoms with Crippen LogP contribution in [0.3, 0.4) is 0 Å². The second-order valence-corrected chi connectivity index (χ2v) is 7.25. The number of hydrogen-bond donors (Lipinski definition) is 2. The van der Waals surface area contributed by atoms with Crippen molar-refractivity contribution in [3.8, 4) is 0 Å². The van der Waals surface area contributed by atoms with Crippen molar-refractivity contribution in [3.63, 3.8) is 0 Å². The molecule has 0 saturated heterocycles. The molecule has 5 aliphatic carbocycles. The SMILES string of the molecule is O=CC1C(O)=CC(O)=CC1[C-]=C1C2CC3CC(C2)CC1C3.[CH3-].[U+2]. The molecule has 0 aliphatic heterocycles. The van der Waals surface area contributed by atoms with E-state index in [1.807, 2.05) is 0 Å². The molecule has 0 heterocycles. The Morgan fingerprint density at radius 1 is 1.04 bits per heavy atom. The second kappa shape index (κ2) is 7.20. The maximum Gasteiger partial charge on any atom is 2.00 e. The van der Waals surface area contributed by atoms with Crippen LogP contribution in [-0.2, 0) is 4.79 Å². The predicted octanol–water partition coefficient (Wildman–Crippen LogP) is 3.95. The van der Waals surface area contributed by atoms with Gasteiger partial charge in [-0.1, -0.05) is 17.9 Å². The first-order valence-corrected chi connectivity index (χ1v) is 8.04. The van der Waals surface area contributed by atoms with Gasteiger partial charge in [-0.05, 0) is 43.9 Å². The molecular weight excluding hydrogens is 514 g/mol. The van der Waals surface area contributed by atoms with Gasteiger partial charge in [0, 0.05) is 6.08 Å². The molecule has 0 radical (unpaired) electrons. The van der Waals surface area contributed by atoms with Crippen LogP contribution in [0.4, 0.5) is 0 Å². The fraction of sp³-hybridized carbons (Fsp3) is 0.579. The van der Waals surface area contributed by atoms with E-state index in [-0.39, 0.29) is 56.0 Å². The molecular formula is C19H24O3U. The summed E-state index contributed by atoms with van der Waals surface area (Å²) in [5, 5.41) is 19.6. The van der Waals surface area contributed by atoms with Crippen LogP contribution in [0, 0.1) is 80.1 Å². The van der Waals surface area contributed by atoms with E-state index < -0.39 is 5.92 Å². The first-order valence-electron chi connectivity index (χ1n) is 8.04. The normalized spacial score (nSPS) is 40.4. The molecule has 2 unspecified atom stereocenters. The molecule has 0 aromatic carbocycles. The van der Waals surface area contributed by atoms with Gasteiger partial charge in [0.15, 0.2) is 0 Å². The number of hydrogen-bond acceptors (Lipinski definition) is 3. The zero-order valence-corrected chi connectivity index (χ0v) is 17.7. The Hall–Kier alpha value is -0.458. The summed E-state index contributed by atoms with van der Waals surface area (Å²) in [7, 11) is 0. The third-order valence-corrected chi connectivity index (χ3v) is 5.87. The average molecular weight is 538 g/mol. The quantitative estimate of drug-likeness (QED) is 0.414. The van der Waals surface area contributed by atoms with Gasteiger partial charge in [0.2, 0.25) is 0 Å². The number of aliphatic hydroxyl groups is 2. The van der Waals surface area contributed by atoms with Gasteiger partial charge in [0.25, 0.3) is 0 Å². The van der Waals surface area contributed by atoms with Crippen LogP contribution in [0.1, 0.15) is 32.1 Å². The average Bonchev–Trinajstić information content (AvgIpc) is 2.41. The standard InChI is InChI=1S/C18H21O3.CH3.U/c19-9-17-14(6-15(20)8-18(17)21)7-16-12-2-10-1-11(4-12)5-13(16)3-10;;/h6,8-14,17,20-21H,1-5H2;1H3;/q2*-1;+2. The van der Waals surface area contributed by atoms with Crippen molar-refractivity contribution in [2.24, 2.45) is 35.5 Å². The number of rotatable bonds is 2. The molecule has 23 heavy (non-hydrogen) atoms. The van der Waals surface area contributed by atoms with E-state index in [1.165, 1.54) is 43.8 Å². The fourth-order valence-electron chi connectivity index (χ4n) is 5.17. The van der Waals surface area contributed by atoms with Crippen molar-refractivity contribution >= 4 is 6.29 Å². The molecule has 4 fully saturated rings.